The topological polar surface area (TPSA) is 53.0 Å². The Morgan fingerprint density at radius 1 is 1.56 bits per heavy atom. The van der Waals surface area contributed by atoms with Crippen LogP contribution in [0.2, 0.25) is 0 Å². The van der Waals surface area contributed by atoms with Crippen LogP contribution >= 0.6 is 0 Å². The highest BCUT2D eigenvalue weighted by molar-refractivity contribution is 5.68. The minimum atomic E-state index is -0.445. The molecular weight excluding hydrogens is 232 g/mol. The van der Waals surface area contributed by atoms with Crippen molar-refractivity contribution >= 4 is 6.09 Å². The first-order valence-corrected chi connectivity index (χ1v) is 6.55. The standard InChI is InChI=1S/C13H26N2O3/c1-10(9-16)14(5)11-6-7-15(8-11)12(17)18-13(2,3)4/h10-11,16H,6-9H2,1-5H3. The lowest BCUT2D eigenvalue weighted by Gasteiger charge is -2.29. The minimum Gasteiger partial charge on any atom is -0.444 e. The highest BCUT2D eigenvalue weighted by Gasteiger charge is 2.32. The second-order valence-corrected chi connectivity index (χ2v) is 6.07. The van der Waals surface area contributed by atoms with Crippen molar-refractivity contribution < 1.29 is 14.6 Å². The average molecular weight is 258 g/mol. The van der Waals surface area contributed by atoms with Gasteiger partial charge < -0.3 is 14.7 Å². The number of likely N-dealkylation sites (N-methyl/N-ethyl adjacent to an activating group) is 1. The van der Waals surface area contributed by atoms with Gasteiger partial charge in [-0.15, -0.1) is 0 Å². The van der Waals surface area contributed by atoms with Crippen LogP contribution < -0.4 is 0 Å². The van der Waals surface area contributed by atoms with E-state index in [2.05, 4.69) is 4.90 Å². The third-order valence-corrected chi connectivity index (χ3v) is 3.35. The van der Waals surface area contributed by atoms with E-state index < -0.39 is 5.60 Å². The van der Waals surface area contributed by atoms with E-state index in [4.69, 9.17) is 9.84 Å². The van der Waals surface area contributed by atoms with Gasteiger partial charge in [0.25, 0.3) is 0 Å². The van der Waals surface area contributed by atoms with Gasteiger partial charge in [0.05, 0.1) is 6.61 Å². The molecule has 1 aliphatic heterocycles. The molecule has 18 heavy (non-hydrogen) atoms. The first-order chi connectivity index (χ1) is 8.24. The monoisotopic (exact) mass is 258 g/mol. The van der Waals surface area contributed by atoms with Crippen LogP contribution in [0.4, 0.5) is 4.79 Å². The van der Waals surface area contributed by atoms with Crippen molar-refractivity contribution in [3.05, 3.63) is 0 Å². The van der Waals surface area contributed by atoms with Gasteiger partial charge >= 0.3 is 6.09 Å². The molecule has 1 N–H and O–H groups in total. The van der Waals surface area contributed by atoms with Crippen LogP contribution in [-0.4, -0.2) is 65.4 Å². The van der Waals surface area contributed by atoms with E-state index in [1.807, 2.05) is 34.7 Å². The van der Waals surface area contributed by atoms with Crippen molar-refractivity contribution in [1.82, 2.24) is 9.80 Å². The fourth-order valence-corrected chi connectivity index (χ4v) is 2.06. The Kier molecular flexibility index (Phi) is 4.99. The summed E-state index contributed by atoms with van der Waals surface area (Å²) >= 11 is 0. The van der Waals surface area contributed by atoms with Crippen LogP contribution in [0.15, 0.2) is 0 Å². The molecule has 5 heteroatoms. The van der Waals surface area contributed by atoms with E-state index in [0.717, 1.165) is 13.0 Å². The van der Waals surface area contributed by atoms with Gasteiger partial charge in [-0.2, -0.15) is 0 Å². The molecule has 0 aromatic carbocycles. The molecule has 2 atom stereocenters. The Morgan fingerprint density at radius 2 is 2.17 bits per heavy atom. The van der Waals surface area contributed by atoms with Crippen molar-refractivity contribution in [2.24, 2.45) is 0 Å². The number of carbonyl (C=O) groups excluding carboxylic acids is 1. The lowest BCUT2D eigenvalue weighted by Crippen LogP contribution is -2.43. The van der Waals surface area contributed by atoms with Crippen molar-refractivity contribution in [1.29, 1.82) is 0 Å². The maximum Gasteiger partial charge on any atom is 0.410 e. The molecular formula is C13H26N2O3. The lowest BCUT2D eigenvalue weighted by atomic mass is 10.2. The van der Waals surface area contributed by atoms with Gasteiger partial charge in [-0.1, -0.05) is 0 Å². The molecule has 1 rings (SSSR count). The Bertz CT molecular complexity index is 288. The Morgan fingerprint density at radius 3 is 2.67 bits per heavy atom. The highest BCUT2D eigenvalue weighted by atomic mass is 16.6. The minimum absolute atomic E-state index is 0.119. The molecule has 106 valence electrons. The average Bonchev–Trinajstić information content (AvgIpc) is 2.73. The number of rotatable bonds is 3. The molecule has 0 spiro atoms. The Labute approximate surface area is 110 Å². The molecule has 0 aromatic rings. The SMILES string of the molecule is CC(CO)N(C)C1CCN(C(=O)OC(C)(C)C)C1. The number of ether oxygens (including phenoxy) is 1. The number of likely N-dealkylation sites (tertiary alicyclic amines) is 1. The summed E-state index contributed by atoms with van der Waals surface area (Å²) in [7, 11) is 1.99. The Hall–Kier alpha value is -0.810. The fourth-order valence-electron chi connectivity index (χ4n) is 2.06. The highest BCUT2D eigenvalue weighted by Crippen LogP contribution is 2.19. The number of hydrogen-bond donors (Lipinski definition) is 1. The van der Waals surface area contributed by atoms with Crippen molar-refractivity contribution in [2.75, 3.05) is 26.7 Å². The van der Waals surface area contributed by atoms with E-state index in [-0.39, 0.29) is 18.7 Å². The van der Waals surface area contributed by atoms with Gasteiger partial charge in [-0.3, -0.25) is 4.90 Å². The summed E-state index contributed by atoms with van der Waals surface area (Å²) in [6, 6.07) is 0.424. The third-order valence-electron chi connectivity index (χ3n) is 3.35. The predicted octanol–water partition coefficient (Wildman–Crippen LogP) is 1.31. The summed E-state index contributed by atoms with van der Waals surface area (Å²) in [5.74, 6) is 0. The van der Waals surface area contributed by atoms with Crippen molar-refractivity contribution in [2.45, 2.75) is 51.8 Å². The number of carbonyl (C=O) groups is 1. The zero-order valence-corrected chi connectivity index (χ0v) is 12.1. The van der Waals surface area contributed by atoms with Gasteiger partial charge in [-0.05, 0) is 41.2 Å². The fraction of sp³-hybridized carbons (Fsp3) is 0.923. The molecule has 0 aliphatic carbocycles. The van der Waals surface area contributed by atoms with Crippen molar-refractivity contribution in [3.8, 4) is 0 Å². The molecule has 1 amide bonds. The molecule has 0 aromatic heterocycles. The Balaban J connectivity index is 2.48. The molecule has 1 aliphatic rings. The number of aliphatic hydroxyl groups is 1. The molecule has 0 radical (unpaired) electrons. The van der Waals surface area contributed by atoms with Crippen LogP contribution in [-0.2, 0) is 4.74 Å². The van der Waals surface area contributed by atoms with E-state index in [0.29, 0.717) is 12.6 Å². The van der Waals surface area contributed by atoms with E-state index in [1.165, 1.54) is 0 Å². The van der Waals surface area contributed by atoms with E-state index in [9.17, 15) is 4.79 Å². The molecule has 2 unspecified atom stereocenters. The van der Waals surface area contributed by atoms with Crippen LogP contribution in [0, 0.1) is 0 Å². The van der Waals surface area contributed by atoms with Gasteiger partial charge in [-0.25, -0.2) is 4.79 Å². The summed E-state index contributed by atoms with van der Waals surface area (Å²) in [4.78, 5) is 15.8. The van der Waals surface area contributed by atoms with Crippen molar-refractivity contribution in [3.63, 3.8) is 0 Å². The molecule has 1 fully saturated rings. The summed E-state index contributed by atoms with van der Waals surface area (Å²) in [5.41, 5.74) is -0.445. The van der Waals surface area contributed by atoms with Crippen LogP contribution in [0.3, 0.4) is 0 Å². The van der Waals surface area contributed by atoms with Gasteiger partial charge in [0, 0.05) is 25.2 Å². The lowest BCUT2D eigenvalue weighted by molar-refractivity contribution is 0.0274. The number of nitrogens with zero attached hydrogens (tertiary/aromatic N) is 2. The molecule has 1 heterocycles. The van der Waals surface area contributed by atoms with Crippen LogP contribution in [0.1, 0.15) is 34.1 Å². The molecule has 0 bridgehead atoms. The van der Waals surface area contributed by atoms with E-state index in [1.54, 1.807) is 4.90 Å². The third kappa shape index (κ3) is 4.14. The number of aliphatic hydroxyl groups excluding tert-OH is 1. The van der Waals surface area contributed by atoms with Crippen LogP contribution in [0.5, 0.6) is 0 Å². The molecule has 5 nitrogen and oxygen atoms in total. The molecule has 0 saturated carbocycles. The van der Waals surface area contributed by atoms with Gasteiger partial charge in [0.2, 0.25) is 0 Å². The summed E-state index contributed by atoms with van der Waals surface area (Å²) in [6.07, 6.45) is 0.690. The van der Waals surface area contributed by atoms with Gasteiger partial charge in [0.15, 0.2) is 0 Å². The summed E-state index contributed by atoms with van der Waals surface area (Å²) < 4.78 is 5.36. The normalized spacial score (nSPS) is 22.4. The quantitative estimate of drug-likeness (QED) is 0.829. The maximum atomic E-state index is 11.9. The summed E-state index contributed by atoms with van der Waals surface area (Å²) in [5, 5.41) is 9.15. The second-order valence-electron chi connectivity index (χ2n) is 6.07. The van der Waals surface area contributed by atoms with Crippen LogP contribution in [0.25, 0.3) is 0 Å². The number of hydrogen-bond acceptors (Lipinski definition) is 4. The predicted molar refractivity (Wildman–Crippen MR) is 70.5 cm³/mol. The zero-order chi connectivity index (χ0) is 13.9. The summed E-state index contributed by atoms with van der Waals surface area (Å²) in [6.45, 7) is 9.14. The zero-order valence-electron chi connectivity index (χ0n) is 12.1. The first kappa shape index (κ1) is 15.2. The first-order valence-electron chi connectivity index (χ1n) is 6.55. The molecule has 1 saturated heterocycles. The van der Waals surface area contributed by atoms with Gasteiger partial charge in [0.1, 0.15) is 5.60 Å². The van der Waals surface area contributed by atoms with E-state index >= 15 is 0 Å². The second kappa shape index (κ2) is 5.89. The number of amides is 1. The maximum absolute atomic E-state index is 11.9. The largest absolute Gasteiger partial charge is 0.444 e. The smallest absolute Gasteiger partial charge is 0.410 e.